The fourth-order valence-electron chi connectivity index (χ4n) is 1.75. The van der Waals surface area contributed by atoms with Crippen LogP contribution in [0.15, 0.2) is 46.6 Å². The summed E-state index contributed by atoms with van der Waals surface area (Å²) in [5.41, 5.74) is 1.82. The molecule has 0 atom stereocenters. The molecule has 0 spiro atoms. The van der Waals surface area contributed by atoms with Gasteiger partial charge < -0.3 is 9.40 Å². The second-order valence-corrected chi connectivity index (χ2v) is 5.95. The van der Waals surface area contributed by atoms with Crippen molar-refractivity contribution in [1.29, 1.82) is 0 Å². The summed E-state index contributed by atoms with van der Waals surface area (Å²) >= 11 is 0. The van der Waals surface area contributed by atoms with Crippen molar-refractivity contribution in [3.05, 3.63) is 42.7 Å². The highest BCUT2D eigenvalue weighted by Gasteiger charge is 2.17. The molecule has 0 radical (unpaired) electrons. The number of aryl methyl sites for hydroxylation is 1. The molecule has 0 saturated carbocycles. The van der Waals surface area contributed by atoms with Crippen LogP contribution < -0.4 is 4.72 Å². The van der Waals surface area contributed by atoms with Crippen molar-refractivity contribution in [3.63, 3.8) is 0 Å². The molecule has 0 aliphatic carbocycles. The number of nitrogens with one attached hydrogen (secondary N) is 2. The van der Waals surface area contributed by atoms with E-state index in [1.54, 1.807) is 25.1 Å². The first kappa shape index (κ1) is 13.3. The van der Waals surface area contributed by atoms with E-state index < -0.39 is 10.0 Å². The average molecular weight is 305 g/mol. The first-order valence-corrected chi connectivity index (χ1v) is 7.43. The Hall–Kier alpha value is -2.68. The van der Waals surface area contributed by atoms with Crippen molar-refractivity contribution in [1.82, 2.24) is 20.2 Å². The van der Waals surface area contributed by atoms with E-state index in [9.17, 15) is 8.42 Å². The lowest BCUT2D eigenvalue weighted by molar-refractivity contribution is 0.568. The molecule has 108 valence electrons. The van der Waals surface area contributed by atoms with Crippen molar-refractivity contribution < 1.29 is 12.8 Å². The number of hydrogen-bond donors (Lipinski definition) is 2. The number of H-pyrrole nitrogens is 1. The maximum atomic E-state index is 12.2. The molecule has 0 bridgehead atoms. The van der Waals surface area contributed by atoms with Crippen LogP contribution in [0.2, 0.25) is 0 Å². The molecule has 3 aromatic rings. The van der Waals surface area contributed by atoms with E-state index in [-0.39, 0.29) is 5.03 Å². The molecule has 21 heavy (non-hydrogen) atoms. The van der Waals surface area contributed by atoms with Crippen molar-refractivity contribution in [2.75, 3.05) is 4.72 Å². The van der Waals surface area contributed by atoms with Crippen LogP contribution in [0, 0.1) is 6.92 Å². The van der Waals surface area contributed by atoms with E-state index in [0.717, 1.165) is 5.56 Å². The van der Waals surface area contributed by atoms with Gasteiger partial charge in [-0.25, -0.2) is 4.98 Å². The molecule has 2 N–H and O–H groups in total. The molecule has 9 heteroatoms. The first-order valence-electron chi connectivity index (χ1n) is 5.94. The van der Waals surface area contributed by atoms with Crippen LogP contribution in [0.25, 0.3) is 11.5 Å². The van der Waals surface area contributed by atoms with Crippen LogP contribution in [0.1, 0.15) is 5.56 Å². The highest BCUT2D eigenvalue weighted by atomic mass is 32.2. The molecular weight excluding hydrogens is 294 g/mol. The molecule has 1 aromatic carbocycles. The predicted octanol–water partition coefficient (Wildman–Crippen LogP) is 1.57. The third-order valence-corrected chi connectivity index (χ3v) is 4.14. The molecule has 0 aliphatic rings. The third kappa shape index (κ3) is 2.63. The Morgan fingerprint density at radius 2 is 2.19 bits per heavy atom. The van der Waals surface area contributed by atoms with E-state index in [1.165, 1.54) is 18.9 Å². The molecular formula is C12H11N5O3S. The average Bonchev–Trinajstić information content (AvgIpc) is 3.14. The molecule has 0 aliphatic heterocycles. The fourth-order valence-corrected chi connectivity index (χ4v) is 2.78. The summed E-state index contributed by atoms with van der Waals surface area (Å²) < 4.78 is 32.0. The number of aromatic nitrogens is 4. The zero-order valence-corrected chi connectivity index (χ0v) is 11.8. The lowest BCUT2D eigenvalue weighted by Crippen LogP contribution is -2.14. The number of benzene rings is 1. The molecule has 0 saturated heterocycles. The van der Waals surface area contributed by atoms with Gasteiger partial charge in [0, 0.05) is 5.56 Å². The quantitative estimate of drug-likeness (QED) is 0.756. The monoisotopic (exact) mass is 305 g/mol. The molecule has 0 fully saturated rings. The summed E-state index contributed by atoms with van der Waals surface area (Å²) in [6.45, 7) is 1.79. The van der Waals surface area contributed by atoms with Crippen LogP contribution in [-0.4, -0.2) is 28.6 Å². The second kappa shape index (κ2) is 5.02. The van der Waals surface area contributed by atoms with Gasteiger partial charge in [-0.1, -0.05) is 6.07 Å². The van der Waals surface area contributed by atoms with Crippen LogP contribution in [0.3, 0.4) is 0 Å². The minimum absolute atomic E-state index is 0.00917. The smallest absolute Gasteiger partial charge is 0.278 e. The SMILES string of the molecule is Cc1ccc(-c2nnco2)cc1NS(=O)(=O)c1cnc[nH]1. The van der Waals surface area contributed by atoms with E-state index in [0.29, 0.717) is 17.1 Å². The highest BCUT2D eigenvalue weighted by molar-refractivity contribution is 7.92. The van der Waals surface area contributed by atoms with Gasteiger partial charge in [-0.3, -0.25) is 4.72 Å². The Bertz CT molecular complexity index is 841. The Kier molecular flexibility index (Phi) is 3.18. The number of imidazole rings is 1. The maximum absolute atomic E-state index is 12.2. The minimum Gasteiger partial charge on any atom is -0.423 e. The Morgan fingerprint density at radius 1 is 1.33 bits per heavy atom. The van der Waals surface area contributed by atoms with Crippen LogP contribution in [0.5, 0.6) is 0 Å². The summed E-state index contributed by atoms with van der Waals surface area (Å²) in [7, 11) is -3.71. The molecule has 0 unspecified atom stereocenters. The van der Waals surface area contributed by atoms with Crippen molar-refractivity contribution >= 4 is 15.7 Å². The van der Waals surface area contributed by atoms with Gasteiger partial charge in [0.15, 0.2) is 5.03 Å². The van der Waals surface area contributed by atoms with E-state index in [2.05, 4.69) is 24.9 Å². The van der Waals surface area contributed by atoms with Crippen LogP contribution >= 0.6 is 0 Å². The zero-order chi connectivity index (χ0) is 14.9. The largest absolute Gasteiger partial charge is 0.423 e. The minimum atomic E-state index is -3.71. The molecule has 3 rings (SSSR count). The summed E-state index contributed by atoms with van der Waals surface area (Å²) in [5.74, 6) is 0.317. The van der Waals surface area contributed by atoms with Gasteiger partial charge in [0.25, 0.3) is 10.0 Å². The number of hydrogen-bond acceptors (Lipinski definition) is 6. The standard InChI is InChI=1S/C12H11N5O3S/c1-8-2-3-9(12-16-15-7-20-12)4-10(8)17-21(18,19)11-5-13-6-14-11/h2-7,17H,1H3,(H,13,14). The van der Waals surface area contributed by atoms with Gasteiger partial charge >= 0.3 is 0 Å². The molecule has 0 amide bonds. The van der Waals surface area contributed by atoms with E-state index in [4.69, 9.17) is 4.42 Å². The Morgan fingerprint density at radius 3 is 2.86 bits per heavy atom. The van der Waals surface area contributed by atoms with Gasteiger partial charge in [0.05, 0.1) is 18.2 Å². The first-order chi connectivity index (χ1) is 10.1. The summed E-state index contributed by atoms with van der Waals surface area (Å²) in [4.78, 5) is 6.26. The number of nitrogens with zero attached hydrogens (tertiary/aromatic N) is 3. The number of rotatable bonds is 4. The van der Waals surface area contributed by atoms with E-state index in [1.807, 2.05) is 0 Å². The van der Waals surface area contributed by atoms with E-state index >= 15 is 0 Å². The van der Waals surface area contributed by atoms with Gasteiger partial charge in [-0.15, -0.1) is 10.2 Å². The third-order valence-electron chi connectivity index (χ3n) is 2.85. The maximum Gasteiger partial charge on any atom is 0.278 e. The van der Waals surface area contributed by atoms with Crippen LogP contribution in [-0.2, 0) is 10.0 Å². The number of aromatic amines is 1. The Labute approximate surface area is 120 Å². The van der Waals surface area contributed by atoms with Crippen molar-refractivity contribution in [3.8, 4) is 11.5 Å². The lowest BCUT2D eigenvalue weighted by atomic mass is 10.1. The zero-order valence-electron chi connectivity index (χ0n) is 10.9. The summed E-state index contributed by atoms with van der Waals surface area (Å²) in [5, 5.41) is 7.38. The second-order valence-electron chi connectivity index (χ2n) is 4.29. The number of sulfonamides is 1. The van der Waals surface area contributed by atoms with Crippen molar-refractivity contribution in [2.24, 2.45) is 0 Å². The topological polar surface area (TPSA) is 114 Å². The highest BCUT2D eigenvalue weighted by Crippen LogP contribution is 2.25. The fraction of sp³-hybridized carbons (Fsp3) is 0.0833. The van der Waals surface area contributed by atoms with Gasteiger partial charge in [-0.05, 0) is 24.6 Å². The predicted molar refractivity (Wildman–Crippen MR) is 73.9 cm³/mol. The van der Waals surface area contributed by atoms with Crippen molar-refractivity contribution in [2.45, 2.75) is 11.9 Å². The lowest BCUT2D eigenvalue weighted by Gasteiger charge is -2.10. The molecule has 2 heterocycles. The summed E-state index contributed by atoms with van der Waals surface area (Å²) in [6, 6.07) is 5.18. The van der Waals surface area contributed by atoms with Crippen LogP contribution in [0.4, 0.5) is 5.69 Å². The van der Waals surface area contributed by atoms with Gasteiger partial charge in [-0.2, -0.15) is 8.42 Å². The summed E-state index contributed by atoms with van der Waals surface area (Å²) in [6.07, 6.45) is 3.75. The normalized spacial score (nSPS) is 11.5. The van der Waals surface area contributed by atoms with Gasteiger partial charge in [0.1, 0.15) is 0 Å². The molecule has 2 aromatic heterocycles. The Balaban J connectivity index is 1.97. The molecule has 8 nitrogen and oxygen atoms in total. The van der Waals surface area contributed by atoms with Gasteiger partial charge in [0.2, 0.25) is 12.3 Å². The number of anilines is 1.